The second kappa shape index (κ2) is 6.93. The monoisotopic (exact) mass is 269 g/mol. The van der Waals surface area contributed by atoms with Gasteiger partial charge in [-0.25, -0.2) is 9.97 Å². The van der Waals surface area contributed by atoms with Gasteiger partial charge in [0.1, 0.15) is 5.82 Å². The molecule has 0 saturated heterocycles. The molecular weight excluding hydrogens is 246 g/mol. The predicted molar refractivity (Wildman–Crippen MR) is 78.5 cm³/mol. The van der Waals surface area contributed by atoms with E-state index in [0.717, 1.165) is 30.2 Å². The lowest BCUT2D eigenvalue weighted by Gasteiger charge is -2.30. The number of nitrogens with zero attached hydrogens (tertiary/aromatic N) is 3. The Morgan fingerprint density at radius 3 is 2.39 bits per heavy atom. The summed E-state index contributed by atoms with van der Waals surface area (Å²) in [5.41, 5.74) is 2.02. The number of anilines is 1. The molecule has 0 spiro atoms. The minimum absolute atomic E-state index is 0.333. The quantitative estimate of drug-likeness (QED) is 0.732. The van der Waals surface area contributed by atoms with E-state index < -0.39 is 0 Å². The highest BCUT2D eigenvalue weighted by Gasteiger charge is 2.17. The molecule has 0 N–H and O–H groups in total. The van der Waals surface area contributed by atoms with Crippen molar-refractivity contribution >= 4 is 17.3 Å². The van der Waals surface area contributed by atoms with Crippen LogP contribution >= 0.6 is 11.6 Å². The summed E-state index contributed by atoms with van der Waals surface area (Å²) >= 11 is 6.04. The van der Waals surface area contributed by atoms with Crippen molar-refractivity contribution in [1.82, 2.24) is 9.97 Å². The van der Waals surface area contributed by atoms with E-state index in [9.17, 15) is 0 Å². The summed E-state index contributed by atoms with van der Waals surface area (Å²) < 4.78 is 0. The Bertz CT molecular complexity index is 379. The number of alkyl halides is 1. The number of aromatic nitrogens is 2. The van der Waals surface area contributed by atoms with Gasteiger partial charge >= 0.3 is 0 Å². The van der Waals surface area contributed by atoms with Gasteiger partial charge in [0.25, 0.3) is 0 Å². The lowest BCUT2D eigenvalue weighted by atomic mass is 10.1. The van der Waals surface area contributed by atoms with Gasteiger partial charge in [0.05, 0.1) is 23.5 Å². The van der Waals surface area contributed by atoms with E-state index >= 15 is 0 Å². The summed E-state index contributed by atoms with van der Waals surface area (Å²) in [5.74, 6) is 1.64. The Morgan fingerprint density at radius 1 is 1.28 bits per heavy atom. The molecular formula is C14H24ClN3. The number of hydrogen-bond acceptors (Lipinski definition) is 3. The maximum absolute atomic E-state index is 6.04. The summed E-state index contributed by atoms with van der Waals surface area (Å²) in [6.07, 6.45) is 3.03. The number of halogens is 1. The Kier molecular flexibility index (Phi) is 5.86. The highest BCUT2D eigenvalue weighted by Crippen LogP contribution is 2.24. The van der Waals surface area contributed by atoms with E-state index in [4.69, 9.17) is 11.6 Å². The normalized spacial score (nSPS) is 12.8. The van der Waals surface area contributed by atoms with Crippen LogP contribution in [0.2, 0.25) is 0 Å². The van der Waals surface area contributed by atoms with Crippen LogP contribution in [-0.2, 0) is 5.88 Å². The molecule has 0 saturated carbocycles. The topological polar surface area (TPSA) is 29.0 Å². The van der Waals surface area contributed by atoms with Crippen LogP contribution in [0.25, 0.3) is 0 Å². The third-order valence-electron chi connectivity index (χ3n) is 3.28. The fourth-order valence-corrected chi connectivity index (χ4v) is 2.18. The van der Waals surface area contributed by atoms with E-state index in [-0.39, 0.29) is 0 Å². The highest BCUT2D eigenvalue weighted by atomic mass is 35.5. The van der Waals surface area contributed by atoms with Crippen molar-refractivity contribution in [3.63, 3.8) is 0 Å². The van der Waals surface area contributed by atoms with Gasteiger partial charge in [-0.15, -0.1) is 11.6 Å². The van der Waals surface area contributed by atoms with Gasteiger partial charge in [-0.1, -0.05) is 20.8 Å². The zero-order chi connectivity index (χ0) is 13.7. The zero-order valence-electron chi connectivity index (χ0n) is 12.1. The van der Waals surface area contributed by atoms with E-state index in [1.807, 2.05) is 6.20 Å². The molecule has 102 valence electrons. The zero-order valence-corrected chi connectivity index (χ0v) is 12.8. The molecule has 0 aliphatic rings. The Labute approximate surface area is 116 Å². The first kappa shape index (κ1) is 15.2. The second-order valence-corrected chi connectivity index (χ2v) is 5.16. The van der Waals surface area contributed by atoms with Gasteiger partial charge in [-0.3, -0.25) is 0 Å². The smallest absolute Gasteiger partial charge is 0.131 e. The first-order valence-corrected chi connectivity index (χ1v) is 7.26. The third kappa shape index (κ3) is 3.35. The molecule has 3 nitrogen and oxygen atoms in total. The molecule has 0 fully saturated rings. The minimum Gasteiger partial charge on any atom is -0.366 e. The molecule has 1 aromatic rings. The molecule has 1 rings (SSSR count). The molecule has 1 atom stereocenters. The van der Waals surface area contributed by atoms with Crippen LogP contribution in [0.4, 0.5) is 5.69 Å². The van der Waals surface area contributed by atoms with Crippen LogP contribution < -0.4 is 4.90 Å². The second-order valence-electron chi connectivity index (χ2n) is 4.89. The summed E-state index contributed by atoms with van der Waals surface area (Å²) in [6, 6.07) is 0.477. The molecule has 0 amide bonds. The summed E-state index contributed by atoms with van der Waals surface area (Å²) in [6.45, 7) is 11.7. The van der Waals surface area contributed by atoms with Crippen LogP contribution in [0.15, 0.2) is 6.20 Å². The highest BCUT2D eigenvalue weighted by molar-refractivity contribution is 6.17. The van der Waals surface area contributed by atoms with E-state index in [2.05, 4.69) is 49.5 Å². The molecule has 1 unspecified atom stereocenters. The first-order chi connectivity index (χ1) is 8.54. The van der Waals surface area contributed by atoms with Crippen LogP contribution in [0, 0.1) is 0 Å². The van der Waals surface area contributed by atoms with Crippen molar-refractivity contribution in [2.75, 3.05) is 11.4 Å². The fraction of sp³-hybridized carbons (Fsp3) is 0.714. The summed E-state index contributed by atoms with van der Waals surface area (Å²) in [4.78, 5) is 11.4. The first-order valence-electron chi connectivity index (χ1n) is 6.73. The van der Waals surface area contributed by atoms with Crippen molar-refractivity contribution < 1.29 is 0 Å². The van der Waals surface area contributed by atoms with Gasteiger partial charge in [-0.2, -0.15) is 0 Å². The van der Waals surface area contributed by atoms with Gasteiger partial charge in [-0.05, 0) is 20.3 Å². The van der Waals surface area contributed by atoms with Crippen molar-refractivity contribution in [3.8, 4) is 0 Å². The molecule has 0 aliphatic carbocycles. The van der Waals surface area contributed by atoms with Crippen LogP contribution in [0.3, 0.4) is 0 Å². The lowest BCUT2D eigenvalue weighted by molar-refractivity contribution is 0.623. The molecule has 4 heteroatoms. The molecule has 1 aromatic heterocycles. The number of hydrogen-bond donors (Lipinski definition) is 0. The third-order valence-corrected chi connectivity index (χ3v) is 3.53. The average Bonchev–Trinajstić information content (AvgIpc) is 2.39. The SMILES string of the molecule is CCC(C)N(CC)c1cnc(C(C)C)nc1CCl. The summed E-state index contributed by atoms with van der Waals surface area (Å²) in [5, 5.41) is 0. The van der Waals surface area contributed by atoms with E-state index in [0.29, 0.717) is 17.8 Å². The van der Waals surface area contributed by atoms with Gasteiger partial charge in [0.15, 0.2) is 0 Å². The Hall–Kier alpha value is -0.830. The van der Waals surface area contributed by atoms with Crippen molar-refractivity contribution in [3.05, 3.63) is 17.7 Å². The standard InChI is InChI=1S/C14H24ClN3/c1-6-11(5)18(7-2)13-9-16-14(10(3)4)17-12(13)8-15/h9-11H,6-8H2,1-5H3. The van der Waals surface area contributed by atoms with Crippen LogP contribution in [0.1, 0.15) is 58.5 Å². The van der Waals surface area contributed by atoms with E-state index in [1.165, 1.54) is 0 Å². The molecule has 0 aromatic carbocycles. The maximum atomic E-state index is 6.04. The van der Waals surface area contributed by atoms with Crippen molar-refractivity contribution in [2.24, 2.45) is 0 Å². The van der Waals surface area contributed by atoms with E-state index in [1.54, 1.807) is 0 Å². The molecule has 18 heavy (non-hydrogen) atoms. The maximum Gasteiger partial charge on any atom is 0.131 e. The average molecular weight is 270 g/mol. The van der Waals surface area contributed by atoms with Crippen LogP contribution in [-0.4, -0.2) is 22.6 Å². The predicted octanol–water partition coefficient (Wildman–Crippen LogP) is 3.96. The van der Waals surface area contributed by atoms with Gasteiger partial charge < -0.3 is 4.90 Å². The van der Waals surface area contributed by atoms with Gasteiger partial charge in [0.2, 0.25) is 0 Å². The van der Waals surface area contributed by atoms with Crippen LogP contribution in [0.5, 0.6) is 0 Å². The summed E-state index contributed by atoms with van der Waals surface area (Å²) in [7, 11) is 0. The van der Waals surface area contributed by atoms with Crippen molar-refractivity contribution in [2.45, 2.75) is 58.9 Å². The lowest BCUT2D eigenvalue weighted by Crippen LogP contribution is -2.33. The molecule has 0 bridgehead atoms. The van der Waals surface area contributed by atoms with Gasteiger partial charge in [0, 0.05) is 18.5 Å². The number of rotatable bonds is 6. The molecule has 0 radical (unpaired) electrons. The van der Waals surface area contributed by atoms with Crippen molar-refractivity contribution in [1.29, 1.82) is 0 Å². The molecule has 0 aliphatic heterocycles. The molecule has 1 heterocycles. The Morgan fingerprint density at radius 2 is 1.94 bits per heavy atom. The minimum atomic E-state index is 0.333. The Balaban J connectivity index is 3.14. The fourth-order valence-electron chi connectivity index (χ4n) is 1.98. The largest absolute Gasteiger partial charge is 0.366 e.